The summed E-state index contributed by atoms with van der Waals surface area (Å²) in [6.45, 7) is 2.27. The Morgan fingerprint density at radius 1 is 1.32 bits per heavy atom. The second-order valence-electron chi connectivity index (χ2n) is 7.68. The van der Waals surface area contributed by atoms with Gasteiger partial charge in [0.15, 0.2) is 0 Å². The third-order valence-corrected chi connectivity index (χ3v) is 6.97. The third-order valence-electron chi connectivity index (χ3n) is 5.85. The first kappa shape index (κ1) is 17.0. The minimum atomic E-state index is 0.0272. The molecule has 2 atom stereocenters. The average Bonchev–Trinajstić information content (AvgIpc) is 3.32. The van der Waals surface area contributed by atoms with Crippen molar-refractivity contribution >= 4 is 27.5 Å². The van der Waals surface area contributed by atoms with Gasteiger partial charge in [0.1, 0.15) is 4.83 Å². The number of aromatic nitrogens is 2. The molecule has 6 heteroatoms. The zero-order valence-electron chi connectivity index (χ0n) is 14.8. The number of carbonyl (C=O) groups excluding carboxylic acids is 1. The fourth-order valence-corrected chi connectivity index (χ4v) is 5.52. The lowest BCUT2D eigenvalue weighted by Crippen LogP contribution is -2.32. The van der Waals surface area contributed by atoms with E-state index in [9.17, 15) is 9.90 Å². The number of rotatable bonds is 4. The molecular weight excluding hydrogens is 334 g/mol. The molecule has 4 rings (SSSR count). The first-order valence-electron chi connectivity index (χ1n) is 9.56. The van der Waals surface area contributed by atoms with Crippen molar-refractivity contribution in [2.75, 3.05) is 6.61 Å². The van der Waals surface area contributed by atoms with Crippen LogP contribution in [0.3, 0.4) is 0 Å². The summed E-state index contributed by atoms with van der Waals surface area (Å²) < 4.78 is 2.18. The fraction of sp³-hybridized carbons (Fsp3) is 0.684. The molecule has 25 heavy (non-hydrogen) atoms. The fourth-order valence-electron chi connectivity index (χ4n) is 4.39. The Labute approximate surface area is 152 Å². The van der Waals surface area contributed by atoms with Gasteiger partial charge in [0.25, 0.3) is 5.91 Å². The molecule has 2 fully saturated rings. The molecule has 1 amide bonds. The molecule has 136 valence electrons. The zero-order valence-corrected chi connectivity index (χ0v) is 15.6. The van der Waals surface area contributed by atoms with Crippen molar-refractivity contribution in [2.24, 2.45) is 5.92 Å². The van der Waals surface area contributed by atoms with Crippen LogP contribution in [0, 0.1) is 12.8 Å². The Morgan fingerprint density at radius 2 is 2.12 bits per heavy atom. The molecule has 2 N–H and O–H groups in total. The molecule has 0 aliphatic heterocycles. The summed E-state index contributed by atoms with van der Waals surface area (Å²) in [6, 6.07) is 2.70. The molecule has 0 radical (unpaired) electrons. The van der Waals surface area contributed by atoms with Crippen molar-refractivity contribution in [3.63, 3.8) is 0 Å². The number of hydrogen-bond acceptors (Lipinski definition) is 4. The van der Waals surface area contributed by atoms with Gasteiger partial charge in [-0.3, -0.25) is 9.48 Å². The van der Waals surface area contributed by atoms with Crippen LogP contribution in [0.5, 0.6) is 0 Å². The second kappa shape index (κ2) is 7.08. The smallest absolute Gasteiger partial charge is 0.261 e. The van der Waals surface area contributed by atoms with E-state index in [1.807, 2.05) is 13.0 Å². The van der Waals surface area contributed by atoms with Crippen LogP contribution in [-0.4, -0.2) is 33.4 Å². The SMILES string of the molecule is Cc1nn(C2CCCCC2)c2sc(C(=O)NC3CCC(CO)C3)cc12. The number of thiophene rings is 1. The van der Waals surface area contributed by atoms with Gasteiger partial charge < -0.3 is 10.4 Å². The van der Waals surface area contributed by atoms with Crippen LogP contribution in [0.25, 0.3) is 10.2 Å². The molecule has 2 aromatic rings. The number of fused-ring (bicyclic) bond motifs is 1. The van der Waals surface area contributed by atoms with E-state index in [0.717, 1.165) is 40.1 Å². The summed E-state index contributed by atoms with van der Waals surface area (Å²) in [5.74, 6) is 0.370. The Morgan fingerprint density at radius 3 is 2.84 bits per heavy atom. The zero-order chi connectivity index (χ0) is 17.4. The standard InChI is InChI=1S/C19H27N3O2S/c1-12-16-10-17(18(24)20-14-8-7-13(9-14)11-23)25-19(16)22(21-12)15-5-3-2-4-6-15/h10,13-15,23H,2-9,11H2,1H3,(H,20,24). The van der Waals surface area contributed by atoms with Gasteiger partial charge in [-0.1, -0.05) is 19.3 Å². The highest BCUT2D eigenvalue weighted by atomic mass is 32.1. The monoisotopic (exact) mass is 361 g/mol. The maximum Gasteiger partial charge on any atom is 0.261 e. The first-order chi connectivity index (χ1) is 12.2. The van der Waals surface area contributed by atoms with E-state index in [2.05, 4.69) is 10.00 Å². The maximum absolute atomic E-state index is 12.7. The summed E-state index contributed by atoms with van der Waals surface area (Å²) in [5.41, 5.74) is 1.03. The molecule has 2 saturated carbocycles. The van der Waals surface area contributed by atoms with E-state index >= 15 is 0 Å². The normalized spacial score (nSPS) is 24.9. The Balaban J connectivity index is 1.53. The number of carbonyl (C=O) groups is 1. The van der Waals surface area contributed by atoms with Crippen LogP contribution in [0.2, 0.25) is 0 Å². The summed E-state index contributed by atoms with van der Waals surface area (Å²) in [6.07, 6.45) is 9.13. The molecule has 0 aromatic carbocycles. The van der Waals surface area contributed by atoms with E-state index < -0.39 is 0 Å². The second-order valence-corrected chi connectivity index (χ2v) is 8.71. The highest BCUT2D eigenvalue weighted by Gasteiger charge is 2.27. The van der Waals surface area contributed by atoms with E-state index in [1.54, 1.807) is 11.3 Å². The Bertz CT molecular complexity index is 760. The molecule has 0 spiro atoms. The van der Waals surface area contributed by atoms with Gasteiger partial charge in [0, 0.05) is 18.0 Å². The molecule has 2 aliphatic rings. The van der Waals surface area contributed by atoms with Crippen LogP contribution >= 0.6 is 11.3 Å². The molecule has 0 saturated heterocycles. The molecule has 2 unspecified atom stereocenters. The molecule has 2 heterocycles. The number of aliphatic hydroxyl groups excluding tert-OH is 1. The largest absolute Gasteiger partial charge is 0.396 e. The van der Waals surface area contributed by atoms with Gasteiger partial charge in [-0.15, -0.1) is 11.3 Å². The van der Waals surface area contributed by atoms with E-state index in [0.29, 0.717) is 12.0 Å². The van der Waals surface area contributed by atoms with E-state index in [4.69, 9.17) is 5.10 Å². The average molecular weight is 362 g/mol. The van der Waals surface area contributed by atoms with Crippen LogP contribution in [0.15, 0.2) is 6.07 Å². The number of aliphatic hydroxyl groups is 1. The van der Waals surface area contributed by atoms with Gasteiger partial charge >= 0.3 is 0 Å². The molecule has 0 bridgehead atoms. The lowest BCUT2D eigenvalue weighted by atomic mass is 9.96. The van der Waals surface area contributed by atoms with Crippen molar-refractivity contribution in [3.05, 3.63) is 16.6 Å². The first-order valence-corrected chi connectivity index (χ1v) is 10.4. The quantitative estimate of drug-likeness (QED) is 0.870. The summed E-state index contributed by atoms with van der Waals surface area (Å²) in [7, 11) is 0. The highest BCUT2D eigenvalue weighted by molar-refractivity contribution is 7.20. The molecular formula is C19H27N3O2S. The number of nitrogens with zero attached hydrogens (tertiary/aromatic N) is 2. The molecule has 5 nitrogen and oxygen atoms in total. The van der Waals surface area contributed by atoms with E-state index in [1.165, 1.54) is 32.1 Å². The summed E-state index contributed by atoms with van der Waals surface area (Å²) >= 11 is 1.58. The van der Waals surface area contributed by atoms with Crippen LogP contribution in [0.4, 0.5) is 0 Å². The van der Waals surface area contributed by atoms with Gasteiger partial charge in [-0.05, 0) is 51.0 Å². The van der Waals surface area contributed by atoms with Crippen molar-refractivity contribution in [2.45, 2.75) is 70.4 Å². The van der Waals surface area contributed by atoms with Crippen LogP contribution in [-0.2, 0) is 0 Å². The lowest BCUT2D eigenvalue weighted by Gasteiger charge is -2.22. The van der Waals surface area contributed by atoms with Gasteiger partial charge in [-0.2, -0.15) is 5.10 Å². The topological polar surface area (TPSA) is 67.2 Å². The van der Waals surface area contributed by atoms with Crippen LogP contribution < -0.4 is 5.32 Å². The van der Waals surface area contributed by atoms with Crippen molar-refractivity contribution in [1.82, 2.24) is 15.1 Å². The predicted octanol–water partition coefficient (Wildman–Crippen LogP) is 3.80. The Kier molecular flexibility index (Phi) is 4.82. The summed E-state index contributed by atoms with van der Waals surface area (Å²) in [4.78, 5) is 14.6. The van der Waals surface area contributed by atoms with Crippen molar-refractivity contribution < 1.29 is 9.90 Å². The Hall–Kier alpha value is -1.40. The number of aryl methyl sites for hydroxylation is 1. The lowest BCUT2D eigenvalue weighted by molar-refractivity contribution is 0.0940. The number of amides is 1. The highest BCUT2D eigenvalue weighted by Crippen LogP contribution is 2.35. The number of nitrogens with one attached hydrogen (secondary N) is 1. The third kappa shape index (κ3) is 3.34. The predicted molar refractivity (Wildman–Crippen MR) is 100 cm³/mol. The molecule has 2 aromatic heterocycles. The molecule has 2 aliphatic carbocycles. The number of hydrogen-bond donors (Lipinski definition) is 2. The minimum absolute atomic E-state index is 0.0272. The van der Waals surface area contributed by atoms with Crippen LogP contribution in [0.1, 0.15) is 72.8 Å². The van der Waals surface area contributed by atoms with Crippen molar-refractivity contribution in [1.29, 1.82) is 0 Å². The summed E-state index contributed by atoms with van der Waals surface area (Å²) in [5, 5.41) is 18.3. The van der Waals surface area contributed by atoms with Gasteiger partial charge in [0.05, 0.1) is 16.6 Å². The maximum atomic E-state index is 12.7. The van der Waals surface area contributed by atoms with Crippen molar-refractivity contribution in [3.8, 4) is 0 Å². The van der Waals surface area contributed by atoms with E-state index in [-0.39, 0.29) is 18.6 Å². The van der Waals surface area contributed by atoms with Gasteiger partial charge in [0.2, 0.25) is 0 Å². The van der Waals surface area contributed by atoms with Gasteiger partial charge in [-0.25, -0.2) is 0 Å². The minimum Gasteiger partial charge on any atom is -0.396 e.